The Morgan fingerprint density at radius 3 is 1.20 bits per heavy atom. The van der Waals surface area contributed by atoms with Crippen molar-refractivity contribution in [2.24, 2.45) is 0 Å². The van der Waals surface area contributed by atoms with Crippen LogP contribution < -0.4 is 4.90 Å². The van der Waals surface area contributed by atoms with Gasteiger partial charge in [-0.05, 0) is 45.5 Å². The molecule has 0 atom stereocenters. The molecule has 0 aromatic heterocycles. The van der Waals surface area contributed by atoms with Crippen molar-refractivity contribution in [1.29, 1.82) is 0 Å². The largest absolute Gasteiger partial charge is 0.372 e. The fraction of sp³-hybridized carbons (Fsp3) is 0.613. The van der Waals surface area contributed by atoms with Crippen LogP contribution in [0.15, 0.2) is 48.5 Å². The summed E-state index contributed by atoms with van der Waals surface area (Å²) in [5.41, 5.74) is 4.92. The number of non-ortho nitro benzene ring substituents is 1. The maximum absolute atomic E-state index is 11.7. The number of rotatable bonds is 4. The number of benzene rings is 2. The minimum atomic E-state index is -1.93. The summed E-state index contributed by atoms with van der Waals surface area (Å²) in [6.45, 7) is 36.3. The van der Waals surface area contributed by atoms with Gasteiger partial charge in [0.05, 0.1) is 4.92 Å². The molecule has 2 aromatic rings. The number of hydrogen-bond donors (Lipinski definition) is 0. The van der Waals surface area contributed by atoms with Gasteiger partial charge in [-0.15, -0.1) is 0 Å². The molecule has 0 spiro atoms. The molecule has 2 bridgehead atoms. The Labute approximate surface area is 254 Å². The quantitative estimate of drug-likeness (QED) is 0.189. The molecule has 224 valence electrons. The summed E-state index contributed by atoms with van der Waals surface area (Å²) < 4.78 is 0.746. The summed E-state index contributed by atoms with van der Waals surface area (Å²) >= 11 is 0. The first kappa shape index (κ1) is 31.4. The summed E-state index contributed by atoms with van der Waals surface area (Å²) in [7, 11) is -11.5. The molecule has 4 fully saturated rings. The van der Waals surface area contributed by atoms with Gasteiger partial charge >= 0.3 is 0 Å². The molecule has 4 nitrogen and oxygen atoms in total. The highest BCUT2D eigenvalue weighted by molar-refractivity contribution is 7.77. The first-order valence-electron chi connectivity index (χ1n) is 15.8. The smallest absolute Gasteiger partial charge is 0.269 e. The van der Waals surface area contributed by atoms with Gasteiger partial charge in [-0.25, -0.2) is 0 Å². The molecule has 0 saturated carbocycles. The second-order valence-corrected chi connectivity index (χ2v) is 66.1. The Bertz CT molecular complexity index is 1290. The van der Waals surface area contributed by atoms with Crippen LogP contribution in [0.2, 0.25) is 78.6 Å². The monoisotopic (exact) mass is 654 g/mol. The van der Waals surface area contributed by atoms with Crippen LogP contribution in [0.1, 0.15) is 30.4 Å². The lowest BCUT2D eigenvalue weighted by Crippen LogP contribution is -3.11. The van der Waals surface area contributed by atoms with Gasteiger partial charge in [0.25, 0.3) is 5.69 Å². The normalized spacial score (nSPS) is 32.0. The molecule has 4 aliphatic heterocycles. The predicted octanol–water partition coefficient (Wildman–Crippen LogP) is 8.51. The van der Waals surface area contributed by atoms with Crippen LogP contribution in [-0.2, 0) is 8.57 Å². The summed E-state index contributed by atoms with van der Waals surface area (Å²) in [5, 5.41) is 11.7. The Balaban J connectivity index is 1.85. The highest BCUT2D eigenvalue weighted by Crippen LogP contribution is 2.74. The second-order valence-electron chi connectivity index (χ2n) is 16.6. The van der Waals surface area contributed by atoms with Crippen LogP contribution in [0.4, 0.5) is 11.4 Å². The molecule has 4 aliphatic rings. The Morgan fingerprint density at radius 1 is 0.561 bits per heavy atom. The van der Waals surface area contributed by atoms with Gasteiger partial charge in [-0.3, -0.25) is 10.1 Å². The molecular weight excluding hydrogens is 601 g/mol. The van der Waals surface area contributed by atoms with Gasteiger partial charge in [-0.1, -0.05) is 108 Å². The highest BCUT2D eigenvalue weighted by atomic mass is 29.4. The van der Waals surface area contributed by atoms with E-state index in [-0.39, 0.29) is 10.6 Å². The molecular formula is C31H54N2O2Si6. The van der Waals surface area contributed by atoms with Crippen molar-refractivity contribution in [3.05, 3.63) is 69.8 Å². The number of anilines is 1. The summed E-state index contributed by atoms with van der Waals surface area (Å²) in [5.74, 6) is 0. The Morgan fingerprint density at radius 2 is 0.878 bits per heavy atom. The third-order valence-corrected chi connectivity index (χ3v) is 104. The standard InChI is InChI=1S/C31H54N2O2Si6/c1-36(2)30(26-16-20-28(21-17-26)32-24-14-13-15-25-32)37(3,4)40(9,10)31(39(36,7)8,41(11,12)38(30,5)6)27-18-22-29(23-19-27)33(34)35/h16-23H,13-15,24-25H2,1-12H3. The summed E-state index contributed by atoms with van der Waals surface area (Å²) in [6.07, 6.45) is 4.00. The van der Waals surface area contributed by atoms with Crippen molar-refractivity contribution in [1.82, 2.24) is 0 Å². The van der Waals surface area contributed by atoms with Crippen molar-refractivity contribution >= 4 is 56.9 Å². The molecule has 6 rings (SSSR count). The molecule has 4 heterocycles. The molecule has 0 N–H and O–H groups in total. The van der Waals surface area contributed by atoms with E-state index in [4.69, 9.17) is 0 Å². The molecule has 4 saturated heterocycles. The average molecular weight is 655 g/mol. The predicted molar refractivity (Wildman–Crippen MR) is 194 cm³/mol. The van der Waals surface area contributed by atoms with Crippen LogP contribution in [0, 0.1) is 10.1 Å². The van der Waals surface area contributed by atoms with Crippen molar-refractivity contribution < 1.29 is 4.92 Å². The summed E-state index contributed by atoms with van der Waals surface area (Å²) in [6, 6.07) is 18.5. The molecule has 0 radical (unpaired) electrons. The maximum atomic E-state index is 11.7. The van der Waals surface area contributed by atoms with Crippen molar-refractivity contribution in [3.8, 4) is 0 Å². The lowest BCUT2D eigenvalue weighted by molar-refractivity contribution is -0.384. The maximum Gasteiger partial charge on any atom is 0.269 e. The van der Waals surface area contributed by atoms with Crippen molar-refractivity contribution in [2.45, 2.75) is 106 Å². The third-order valence-electron chi connectivity index (χ3n) is 14.8. The molecule has 0 amide bonds. The Kier molecular flexibility index (Phi) is 7.06. The van der Waals surface area contributed by atoms with E-state index in [1.165, 1.54) is 43.6 Å². The number of hydrogen-bond acceptors (Lipinski definition) is 3. The zero-order chi connectivity index (χ0) is 30.7. The minimum Gasteiger partial charge on any atom is -0.372 e. The van der Waals surface area contributed by atoms with Crippen molar-refractivity contribution in [2.75, 3.05) is 18.0 Å². The van der Waals surface area contributed by atoms with Gasteiger partial charge in [0, 0.05) is 76.5 Å². The molecule has 10 heteroatoms. The van der Waals surface area contributed by atoms with Gasteiger partial charge in [0.15, 0.2) is 0 Å². The minimum absolute atomic E-state index is 0.217. The fourth-order valence-electron chi connectivity index (χ4n) is 12.6. The second kappa shape index (κ2) is 9.23. The molecule has 2 aromatic carbocycles. The van der Waals surface area contributed by atoms with Gasteiger partial charge in [-0.2, -0.15) is 0 Å². The van der Waals surface area contributed by atoms with Gasteiger partial charge < -0.3 is 4.90 Å². The van der Waals surface area contributed by atoms with E-state index in [0.29, 0.717) is 8.57 Å². The van der Waals surface area contributed by atoms with Gasteiger partial charge in [0.1, 0.15) is 0 Å². The lowest BCUT2D eigenvalue weighted by atomic mass is 10.1. The Hall–Kier alpha value is -1.06. The van der Waals surface area contributed by atoms with Crippen LogP contribution in [-0.4, -0.2) is 63.6 Å². The number of fused-ring (bicyclic) bond motifs is 3. The van der Waals surface area contributed by atoms with Crippen molar-refractivity contribution in [3.63, 3.8) is 0 Å². The third kappa shape index (κ3) is 3.25. The van der Waals surface area contributed by atoms with E-state index in [9.17, 15) is 10.1 Å². The molecule has 0 unspecified atom stereocenters. The van der Waals surface area contributed by atoms with E-state index in [2.05, 4.69) is 120 Å². The highest BCUT2D eigenvalue weighted by Gasteiger charge is 2.92. The van der Waals surface area contributed by atoms with Crippen LogP contribution in [0.25, 0.3) is 0 Å². The van der Waals surface area contributed by atoms with E-state index < -0.39 is 45.5 Å². The van der Waals surface area contributed by atoms with E-state index in [0.717, 1.165) is 0 Å². The topological polar surface area (TPSA) is 46.4 Å². The van der Waals surface area contributed by atoms with Gasteiger partial charge in [0.2, 0.25) is 0 Å². The van der Waals surface area contributed by atoms with E-state index in [1.54, 1.807) is 5.56 Å². The van der Waals surface area contributed by atoms with Crippen LogP contribution in [0.3, 0.4) is 0 Å². The van der Waals surface area contributed by atoms with E-state index in [1.807, 2.05) is 12.1 Å². The number of nitro groups is 1. The fourth-order valence-corrected chi connectivity index (χ4v) is 155. The molecule has 0 aliphatic carbocycles. The van der Waals surface area contributed by atoms with E-state index >= 15 is 0 Å². The van der Waals surface area contributed by atoms with Crippen LogP contribution >= 0.6 is 0 Å². The first-order chi connectivity index (χ1) is 18.7. The zero-order valence-electron chi connectivity index (χ0n) is 27.9. The number of nitro benzene ring substituents is 1. The first-order valence-corrected chi connectivity index (χ1v) is 36.8. The zero-order valence-corrected chi connectivity index (χ0v) is 33.9. The average Bonchev–Trinajstić information content (AvgIpc) is 2.88. The lowest BCUT2D eigenvalue weighted by Gasteiger charge is -2.89. The van der Waals surface area contributed by atoms with Crippen LogP contribution in [0.5, 0.6) is 0 Å². The number of piperidine rings is 1. The summed E-state index contributed by atoms with van der Waals surface area (Å²) in [4.78, 5) is 14.1. The number of nitrogens with zero attached hydrogens (tertiary/aromatic N) is 2. The molecule has 41 heavy (non-hydrogen) atoms. The SMILES string of the molecule is C[Si]1(C)C2(c3ccc(N4CCCCC4)cc3)[Si](C)(C)[Si](C)(C)C(c3ccc([N+](=O)[O-])cc3)([Si]1(C)C)[Si](C)(C)[Si]2(C)C.